The van der Waals surface area contributed by atoms with Gasteiger partial charge in [0.05, 0.1) is 12.8 Å². The average molecular weight is 480 g/mol. The maximum atomic E-state index is 11.1. The molecular weight excluding hydrogens is 447 g/mol. The average Bonchev–Trinajstić information content (AvgIpc) is 3.08. The molecule has 0 radical (unpaired) electrons. The SMILES string of the molecule is CCNC(=NCc1cc(C(CC)CC)no1)NCCCCC(=O)OC.I. The second-order valence-electron chi connectivity index (χ2n) is 5.89. The maximum absolute atomic E-state index is 11.1. The lowest BCUT2D eigenvalue weighted by molar-refractivity contribution is -0.140. The molecule has 1 aromatic heterocycles. The lowest BCUT2D eigenvalue weighted by Gasteiger charge is -2.10. The topological polar surface area (TPSA) is 88.8 Å². The van der Waals surface area contributed by atoms with Gasteiger partial charge in [-0.1, -0.05) is 19.0 Å². The lowest BCUT2D eigenvalue weighted by atomic mass is 9.99. The Bertz CT molecular complexity index is 530. The fraction of sp³-hybridized carbons (Fsp3) is 0.722. The molecule has 2 N–H and O–H groups in total. The molecule has 0 fully saturated rings. The molecule has 0 saturated carbocycles. The first-order chi connectivity index (χ1) is 12.1. The van der Waals surface area contributed by atoms with Crippen molar-refractivity contribution in [1.29, 1.82) is 0 Å². The van der Waals surface area contributed by atoms with Crippen LogP contribution in [0.5, 0.6) is 0 Å². The minimum absolute atomic E-state index is 0. The number of carbonyl (C=O) groups excluding carboxylic acids is 1. The van der Waals surface area contributed by atoms with Crippen molar-refractivity contribution < 1.29 is 14.1 Å². The summed E-state index contributed by atoms with van der Waals surface area (Å²) < 4.78 is 10.0. The minimum atomic E-state index is -0.167. The normalized spacial score (nSPS) is 11.2. The quantitative estimate of drug-likeness (QED) is 0.166. The van der Waals surface area contributed by atoms with Gasteiger partial charge in [0.25, 0.3) is 0 Å². The Morgan fingerprint density at radius 1 is 1.27 bits per heavy atom. The van der Waals surface area contributed by atoms with Crippen LogP contribution in [0.15, 0.2) is 15.6 Å². The fourth-order valence-corrected chi connectivity index (χ4v) is 2.50. The van der Waals surface area contributed by atoms with Crippen molar-refractivity contribution in [3.8, 4) is 0 Å². The van der Waals surface area contributed by atoms with E-state index < -0.39 is 0 Å². The molecular formula is C18H33IN4O3. The smallest absolute Gasteiger partial charge is 0.305 e. The van der Waals surface area contributed by atoms with Gasteiger partial charge in [0.2, 0.25) is 0 Å². The van der Waals surface area contributed by atoms with Crippen molar-refractivity contribution >= 4 is 35.9 Å². The van der Waals surface area contributed by atoms with E-state index in [2.05, 4.69) is 39.4 Å². The number of esters is 1. The van der Waals surface area contributed by atoms with E-state index in [1.165, 1.54) is 7.11 Å². The van der Waals surface area contributed by atoms with Crippen molar-refractivity contribution in [3.63, 3.8) is 0 Å². The van der Waals surface area contributed by atoms with Gasteiger partial charge in [0.1, 0.15) is 6.54 Å². The highest BCUT2D eigenvalue weighted by atomic mass is 127. The molecule has 1 rings (SSSR count). The van der Waals surface area contributed by atoms with E-state index in [0.717, 1.165) is 56.2 Å². The van der Waals surface area contributed by atoms with Crippen LogP contribution in [0.2, 0.25) is 0 Å². The molecule has 7 nitrogen and oxygen atoms in total. The number of ether oxygens (including phenoxy) is 1. The number of carbonyl (C=O) groups is 1. The van der Waals surface area contributed by atoms with Crippen LogP contribution in [0.1, 0.15) is 70.2 Å². The van der Waals surface area contributed by atoms with Gasteiger partial charge in [-0.25, -0.2) is 4.99 Å². The molecule has 0 aliphatic rings. The molecule has 8 heteroatoms. The highest BCUT2D eigenvalue weighted by Crippen LogP contribution is 2.22. The van der Waals surface area contributed by atoms with E-state index in [4.69, 9.17) is 4.52 Å². The molecule has 0 aliphatic heterocycles. The standard InChI is InChI=1S/C18H32N4O3.HI/c1-5-14(6-2)16-12-15(25-22-16)13-21-18(19-7-3)20-11-9-8-10-17(23)24-4;/h12,14H,5-11,13H2,1-4H3,(H2,19,20,21);1H. The lowest BCUT2D eigenvalue weighted by Crippen LogP contribution is -2.37. The molecule has 0 aromatic carbocycles. The maximum Gasteiger partial charge on any atom is 0.305 e. The number of hydrogen-bond acceptors (Lipinski definition) is 5. The van der Waals surface area contributed by atoms with Crippen LogP contribution in [0.4, 0.5) is 0 Å². The number of halogens is 1. The third-order valence-corrected chi connectivity index (χ3v) is 4.05. The molecule has 0 spiro atoms. The van der Waals surface area contributed by atoms with E-state index in [0.29, 0.717) is 18.9 Å². The molecule has 1 aromatic rings. The van der Waals surface area contributed by atoms with Crippen molar-refractivity contribution in [2.24, 2.45) is 4.99 Å². The Balaban J connectivity index is 0.00000625. The van der Waals surface area contributed by atoms with Crippen LogP contribution in [0, 0.1) is 0 Å². The Morgan fingerprint density at radius 3 is 2.62 bits per heavy atom. The van der Waals surface area contributed by atoms with Gasteiger partial charge >= 0.3 is 5.97 Å². The zero-order valence-electron chi connectivity index (χ0n) is 16.3. The third kappa shape index (κ3) is 9.40. The summed E-state index contributed by atoms with van der Waals surface area (Å²) in [6.07, 6.45) is 4.23. The summed E-state index contributed by atoms with van der Waals surface area (Å²) in [6, 6.07) is 2.00. The van der Waals surface area contributed by atoms with E-state index in [1.807, 2.05) is 13.0 Å². The van der Waals surface area contributed by atoms with Gasteiger partial charge in [-0.2, -0.15) is 0 Å². The Kier molecular flexibility index (Phi) is 14.1. The first kappa shape index (κ1) is 24.7. The zero-order valence-corrected chi connectivity index (χ0v) is 18.7. The number of guanidine groups is 1. The summed E-state index contributed by atoms with van der Waals surface area (Å²) in [5, 5.41) is 10.6. The molecule has 0 atom stereocenters. The summed E-state index contributed by atoms with van der Waals surface area (Å²) in [5.74, 6) is 1.78. The molecule has 150 valence electrons. The van der Waals surface area contributed by atoms with Crippen molar-refractivity contribution in [3.05, 3.63) is 17.5 Å². The van der Waals surface area contributed by atoms with Crippen molar-refractivity contribution in [1.82, 2.24) is 15.8 Å². The highest BCUT2D eigenvalue weighted by molar-refractivity contribution is 14.0. The number of nitrogens with zero attached hydrogens (tertiary/aromatic N) is 2. The van der Waals surface area contributed by atoms with Crippen LogP contribution < -0.4 is 10.6 Å². The molecule has 0 unspecified atom stereocenters. The van der Waals surface area contributed by atoms with Gasteiger partial charge in [-0.05, 0) is 32.6 Å². The van der Waals surface area contributed by atoms with Gasteiger partial charge in [-0.3, -0.25) is 4.79 Å². The Morgan fingerprint density at radius 2 is 2.00 bits per heavy atom. The number of methoxy groups -OCH3 is 1. The van der Waals surface area contributed by atoms with Gasteiger partial charge in [0, 0.05) is 31.5 Å². The number of nitrogens with one attached hydrogen (secondary N) is 2. The molecule has 0 bridgehead atoms. The Labute approximate surface area is 173 Å². The molecule has 0 amide bonds. The molecule has 1 heterocycles. The first-order valence-electron chi connectivity index (χ1n) is 9.18. The van der Waals surface area contributed by atoms with E-state index in [9.17, 15) is 4.79 Å². The second-order valence-corrected chi connectivity index (χ2v) is 5.89. The van der Waals surface area contributed by atoms with Gasteiger partial charge < -0.3 is 19.9 Å². The van der Waals surface area contributed by atoms with Crippen LogP contribution in [0.3, 0.4) is 0 Å². The predicted molar refractivity (Wildman–Crippen MR) is 114 cm³/mol. The zero-order chi connectivity index (χ0) is 18.5. The minimum Gasteiger partial charge on any atom is -0.469 e. The van der Waals surface area contributed by atoms with Crippen LogP contribution in [-0.2, 0) is 16.1 Å². The molecule has 0 aliphatic carbocycles. The fourth-order valence-electron chi connectivity index (χ4n) is 2.50. The number of rotatable bonds is 11. The van der Waals surface area contributed by atoms with Crippen molar-refractivity contribution in [2.75, 3.05) is 20.2 Å². The van der Waals surface area contributed by atoms with Gasteiger partial charge in [-0.15, -0.1) is 24.0 Å². The second kappa shape index (κ2) is 14.8. The summed E-state index contributed by atoms with van der Waals surface area (Å²) in [6.45, 7) is 8.32. The number of aliphatic imine (C=N–C) groups is 1. The summed E-state index contributed by atoms with van der Waals surface area (Å²) in [5.41, 5.74) is 1.01. The summed E-state index contributed by atoms with van der Waals surface area (Å²) in [7, 11) is 1.41. The van der Waals surface area contributed by atoms with Crippen LogP contribution in [-0.4, -0.2) is 37.3 Å². The highest BCUT2D eigenvalue weighted by Gasteiger charge is 2.12. The van der Waals surface area contributed by atoms with E-state index >= 15 is 0 Å². The molecule has 26 heavy (non-hydrogen) atoms. The summed E-state index contributed by atoms with van der Waals surface area (Å²) in [4.78, 5) is 15.6. The van der Waals surface area contributed by atoms with Gasteiger partial charge in [0.15, 0.2) is 11.7 Å². The van der Waals surface area contributed by atoms with E-state index in [1.54, 1.807) is 0 Å². The van der Waals surface area contributed by atoms with E-state index in [-0.39, 0.29) is 29.9 Å². The third-order valence-electron chi connectivity index (χ3n) is 4.05. The monoisotopic (exact) mass is 480 g/mol. The number of unbranched alkanes of at least 4 members (excludes halogenated alkanes) is 1. The van der Waals surface area contributed by atoms with Crippen LogP contribution in [0.25, 0.3) is 0 Å². The molecule has 0 saturated heterocycles. The van der Waals surface area contributed by atoms with Crippen LogP contribution >= 0.6 is 24.0 Å². The number of hydrogen-bond donors (Lipinski definition) is 2. The predicted octanol–water partition coefficient (Wildman–Crippen LogP) is 3.59. The summed E-state index contributed by atoms with van der Waals surface area (Å²) >= 11 is 0. The van der Waals surface area contributed by atoms with Crippen molar-refractivity contribution in [2.45, 2.75) is 65.3 Å². The largest absolute Gasteiger partial charge is 0.469 e. The number of aromatic nitrogens is 1. The first-order valence-corrected chi connectivity index (χ1v) is 9.18. The Hall–Kier alpha value is -1.32.